The van der Waals surface area contributed by atoms with Gasteiger partial charge in [-0.15, -0.1) is 0 Å². The highest BCUT2D eigenvalue weighted by Gasteiger charge is 2.00. The van der Waals surface area contributed by atoms with Gasteiger partial charge >= 0.3 is 0 Å². The quantitative estimate of drug-likeness (QED) is 0.653. The largest absolute Gasteiger partial charge is 0.494 e. The SMILES string of the molecule is CCCCCOc1ccc(CNC(C)CSC)cc1. The van der Waals surface area contributed by atoms with Crippen LogP contribution in [-0.2, 0) is 6.54 Å². The molecule has 1 aromatic carbocycles. The number of benzene rings is 1. The molecule has 0 amide bonds. The highest BCUT2D eigenvalue weighted by molar-refractivity contribution is 7.98. The van der Waals surface area contributed by atoms with Crippen LogP contribution in [0.4, 0.5) is 0 Å². The van der Waals surface area contributed by atoms with Gasteiger partial charge in [-0.25, -0.2) is 0 Å². The second-order valence-electron chi connectivity index (χ2n) is 4.94. The van der Waals surface area contributed by atoms with Crippen LogP contribution in [0, 0.1) is 0 Å². The fraction of sp³-hybridized carbons (Fsp3) is 0.625. The van der Waals surface area contributed by atoms with Crippen LogP contribution in [0.15, 0.2) is 24.3 Å². The fourth-order valence-electron chi connectivity index (χ4n) is 1.85. The summed E-state index contributed by atoms with van der Waals surface area (Å²) in [6.45, 7) is 6.19. The van der Waals surface area contributed by atoms with Gasteiger partial charge in [0, 0.05) is 18.3 Å². The number of nitrogens with one attached hydrogen (secondary N) is 1. The van der Waals surface area contributed by atoms with Crippen molar-refractivity contribution in [2.24, 2.45) is 0 Å². The summed E-state index contributed by atoms with van der Waals surface area (Å²) < 4.78 is 5.70. The molecule has 1 unspecified atom stereocenters. The molecule has 2 nitrogen and oxygen atoms in total. The van der Waals surface area contributed by atoms with Gasteiger partial charge in [0.25, 0.3) is 0 Å². The van der Waals surface area contributed by atoms with E-state index in [9.17, 15) is 0 Å². The molecule has 3 heteroatoms. The third-order valence-electron chi connectivity index (χ3n) is 3.01. The van der Waals surface area contributed by atoms with Crippen molar-refractivity contribution >= 4 is 11.8 Å². The molecule has 19 heavy (non-hydrogen) atoms. The maximum Gasteiger partial charge on any atom is 0.119 e. The van der Waals surface area contributed by atoms with Crippen molar-refractivity contribution in [3.05, 3.63) is 29.8 Å². The zero-order valence-corrected chi connectivity index (χ0v) is 13.3. The van der Waals surface area contributed by atoms with Gasteiger partial charge < -0.3 is 10.1 Å². The van der Waals surface area contributed by atoms with E-state index in [-0.39, 0.29) is 0 Å². The van der Waals surface area contributed by atoms with Gasteiger partial charge in [-0.2, -0.15) is 11.8 Å². The Morgan fingerprint density at radius 1 is 1.21 bits per heavy atom. The van der Waals surface area contributed by atoms with E-state index in [0.29, 0.717) is 6.04 Å². The standard InChI is InChI=1S/C16H27NOS/c1-4-5-6-11-18-16-9-7-15(8-10-16)12-17-14(2)13-19-3/h7-10,14,17H,4-6,11-13H2,1-3H3. The first kappa shape index (κ1) is 16.4. The van der Waals surface area contributed by atoms with Crippen LogP contribution in [0.25, 0.3) is 0 Å². The first-order chi connectivity index (χ1) is 9.26. The van der Waals surface area contributed by atoms with E-state index in [2.05, 4.69) is 49.7 Å². The van der Waals surface area contributed by atoms with E-state index in [1.165, 1.54) is 18.4 Å². The molecule has 1 atom stereocenters. The van der Waals surface area contributed by atoms with Crippen LogP contribution >= 0.6 is 11.8 Å². The van der Waals surface area contributed by atoms with Gasteiger partial charge in [0.2, 0.25) is 0 Å². The Kier molecular flexibility index (Phi) is 8.76. The summed E-state index contributed by atoms with van der Waals surface area (Å²) >= 11 is 1.88. The predicted octanol–water partition coefficient (Wildman–Crippen LogP) is 4.10. The zero-order chi connectivity index (χ0) is 13.9. The van der Waals surface area contributed by atoms with Crippen molar-refractivity contribution in [3.8, 4) is 5.75 Å². The third kappa shape index (κ3) is 7.48. The zero-order valence-electron chi connectivity index (χ0n) is 12.4. The second kappa shape index (κ2) is 10.2. The first-order valence-electron chi connectivity index (χ1n) is 7.20. The summed E-state index contributed by atoms with van der Waals surface area (Å²) in [6, 6.07) is 8.99. The summed E-state index contributed by atoms with van der Waals surface area (Å²) in [4.78, 5) is 0. The van der Waals surface area contributed by atoms with Crippen molar-refractivity contribution in [2.75, 3.05) is 18.6 Å². The average Bonchev–Trinajstić information content (AvgIpc) is 2.43. The molecule has 0 aliphatic rings. The molecular weight excluding hydrogens is 254 g/mol. The third-order valence-corrected chi connectivity index (χ3v) is 3.84. The number of hydrogen-bond acceptors (Lipinski definition) is 3. The number of ether oxygens (including phenoxy) is 1. The smallest absolute Gasteiger partial charge is 0.119 e. The lowest BCUT2D eigenvalue weighted by Gasteiger charge is -2.12. The summed E-state index contributed by atoms with van der Waals surface area (Å²) in [5.74, 6) is 2.13. The van der Waals surface area contributed by atoms with E-state index in [4.69, 9.17) is 4.74 Å². The van der Waals surface area contributed by atoms with Crippen LogP contribution in [0.5, 0.6) is 5.75 Å². The molecule has 0 heterocycles. The number of thioether (sulfide) groups is 1. The average molecular weight is 281 g/mol. The van der Waals surface area contributed by atoms with Gasteiger partial charge in [0.05, 0.1) is 6.61 Å². The Bertz CT molecular complexity index is 326. The maximum atomic E-state index is 5.70. The van der Waals surface area contributed by atoms with Crippen LogP contribution in [0.3, 0.4) is 0 Å². The van der Waals surface area contributed by atoms with Crippen molar-refractivity contribution in [1.29, 1.82) is 0 Å². The minimum atomic E-state index is 0.556. The van der Waals surface area contributed by atoms with Gasteiger partial charge in [0.1, 0.15) is 5.75 Å². The lowest BCUT2D eigenvalue weighted by Crippen LogP contribution is -2.27. The molecule has 0 saturated heterocycles. The van der Waals surface area contributed by atoms with Gasteiger partial charge in [-0.3, -0.25) is 0 Å². The molecule has 0 saturated carbocycles. The molecule has 108 valence electrons. The maximum absolute atomic E-state index is 5.70. The Labute approximate surface area is 122 Å². The molecule has 0 fully saturated rings. The molecule has 0 aliphatic carbocycles. The van der Waals surface area contributed by atoms with Crippen molar-refractivity contribution in [3.63, 3.8) is 0 Å². The van der Waals surface area contributed by atoms with Crippen LogP contribution < -0.4 is 10.1 Å². The monoisotopic (exact) mass is 281 g/mol. The van der Waals surface area contributed by atoms with Crippen LogP contribution in [0.1, 0.15) is 38.7 Å². The number of unbranched alkanes of at least 4 members (excludes halogenated alkanes) is 2. The van der Waals surface area contributed by atoms with Gasteiger partial charge in [-0.05, 0) is 37.3 Å². The van der Waals surface area contributed by atoms with Crippen molar-refractivity contribution < 1.29 is 4.74 Å². The first-order valence-corrected chi connectivity index (χ1v) is 8.59. The number of rotatable bonds is 10. The molecule has 0 aliphatic heterocycles. The highest BCUT2D eigenvalue weighted by atomic mass is 32.2. The topological polar surface area (TPSA) is 21.3 Å². The molecule has 1 rings (SSSR count). The molecular formula is C16H27NOS. The minimum Gasteiger partial charge on any atom is -0.494 e. The summed E-state index contributed by atoms with van der Waals surface area (Å²) in [6.07, 6.45) is 5.77. The highest BCUT2D eigenvalue weighted by Crippen LogP contribution is 2.13. The number of hydrogen-bond donors (Lipinski definition) is 1. The molecule has 0 bridgehead atoms. The van der Waals surface area contributed by atoms with Crippen molar-refractivity contribution in [1.82, 2.24) is 5.32 Å². The van der Waals surface area contributed by atoms with Crippen LogP contribution in [0.2, 0.25) is 0 Å². The predicted molar refractivity (Wildman–Crippen MR) is 86.1 cm³/mol. The van der Waals surface area contributed by atoms with Gasteiger partial charge in [0.15, 0.2) is 0 Å². The molecule has 0 radical (unpaired) electrons. The van der Waals surface area contributed by atoms with E-state index in [1.807, 2.05) is 11.8 Å². The lowest BCUT2D eigenvalue weighted by atomic mass is 10.2. The summed E-state index contributed by atoms with van der Waals surface area (Å²) in [7, 11) is 0. The van der Waals surface area contributed by atoms with E-state index >= 15 is 0 Å². The Hall–Kier alpha value is -0.670. The molecule has 1 aromatic rings. The van der Waals surface area contributed by atoms with Gasteiger partial charge in [-0.1, -0.05) is 31.9 Å². The van der Waals surface area contributed by atoms with Crippen molar-refractivity contribution in [2.45, 2.75) is 45.7 Å². The van der Waals surface area contributed by atoms with Crippen LogP contribution in [-0.4, -0.2) is 24.7 Å². The summed E-state index contributed by atoms with van der Waals surface area (Å²) in [5, 5.41) is 3.52. The molecule has 1 N–H and O–H groups in total. The van der Waals surface area contributed by atoms with E-state index in [1.54, 1.807) is 0 Å². The van der Waals surface area contributed by atoms with E-state index < -0.39 is 0 Å². The summed E-state index contributed by atoms with van der Waals surface area (Å²) in [5.41, 5.74) is 1.31. The second-order valence-corrected chi connectivity index (χ2v) is 5.85. The molecule has 0 aromatic heterocycles. The molecule has 0 spiro atoms. The fourth-order valence-corrected chi connectivity index (χ4v) is 2.46. The minimum absolute atomic E-state index is 0.556. The normalized spacial score (nSPS) is 12.4. The Morgan fingerprint density at radius 2 is 1.95 bits per heavy atom. The lowest BCUT2D eigenvalue weighted by molar-refractivity contribution is 0.306. The Balaban J connectivity index is 2.27. The van der Waals surface area contributed by atoms with E-state index in [0.717, 1.165) is 31.1 Å². The Morgan fingerprint density at radius 3 is 2.58 bits per heavy atom.